The molecule has 0 aliphatic carbocycles. The predicted molar refractivity (Wildman–Crippen MR) is 115 cm³/mol. The van der Waals surface area contributed by atoms with Crippen LogP contribution in [-0.4, -0.2) is 25.1 Å². The van der Waals surface area contributed by atoms with Crippen LogP contribution in [0.2, 0.25) is 5.02 Å². The number of anilines is 1. The first-order chi connectivity index (χ1) is 13.6. The van der Waals surface area contributed by atoms with Gasteiger partial charge in [0.2, 0.25) is 5.91 Å². The summed E-state index contributed by atoms with van der Waals surface area (Å²) in [6.45, 7) is 0. The molecule has 0 atom stereocenters. The van der Waals surface area contributed by atoms with Crippen molar-refractivity contribution >= 4 is 46.3 Å². The van der Waals surface area contributed by atoms with Gasteiger partial charge in [0, 0.05) is 27.9 Å². The molecule has 3 aromatic rings. The Morgan fingerprint density at radius 2 is 2.00 bits per heavy atom. The van der Waals surface area contributed by atoms with E-state index in [9.17, 15) is 4.79 Å². The van der Waals surface area contributed by atoms with Crippen molar-refractivity contribution < 1.29 is 14.3 Å². The SMILES string of the molecule is COc1ccc(NC(=O)Cc2csc(SCc3cccc(Cl)c3)n2)cc1OC. The first-order valence-corrected chi connectivity index (χ1v) is 10.6. The second-order valence-electron chi connectivity index (χ2n) is 5.82. The van der Waals surface area contributed by atoms with E-state index in [1.54, 1.807) is 44.2 Å². The van der Waals surface area contributed by atoms with Gasteiger partial charge in [-0.1, -0.05) is 35.5 Å². The summed E-state index contributed by atoms with van der Waals surface area (Å²) >= 11 is 9.17. The van der Waals surface area contributed by atoms with E-state index < -0.39 is 0 Å². The van der Waals surface area contributed by atoms with Crippen molar-refractivity contribution in [3.05, 3.63) is 64.1 Å². The lowest BCUT2D eigenvalue weighted by Gasteiger charge is -2.10. The molecule has 0 saturated heterocycles. The minimum absolute atomic E-state index is 0.135. The van der Waals surface area contributed by atoms with Gasteiger partial charge in [-0.15, -0.1) is 11.3 Å². The molecule has 0 aliphatic rings. The number of benzene rings is 2. The Labute approximate surface area is 177 Å². The van der Waals surface area contributed by atoms with Gasteiger partial charge in [-0.3, -0.25) is 4.79 Å². The van der Waals surface area contributed by atoms with Crippen molar-refractivity contribution in [3.63, 3.8) is 0 Å². The highest BCUT2D eigenvalue weighted by Gasteiger charge is 2.11. The fourth-order valence-electron chi connectivity index (χ4n) is 2.49. The lowest BCUT2D eigenvalue weighted by atomic mass is 10.2. The number of thiazole rings is 1. The molecule has 0 aliphatic heterocycles. The molecule has 0 fully saturated rings. The molecule has 1 heterocycles. The number of thioether (sulfide) groups is 1. The number of amides is 1. The zero-order valence-corrected chi connectivity index (χ0v) is 17.8. The summed E-state index contributed by atoms with van der Waals surface area (Å²) in [6.07, 6.45) is 0.211. The van der Waals surface area contributed by atoms with Crippen LogP contribution < -0.4 is 14.8 Å². The maximum atomic E-state index is 12.3. The van der Waals surface area contributed by atoms with E-state index in [1.165, 1.54) is 11.3 Å². The Balaban J connectivity index is 1.55. The van der Waals surface area contributed by atoms with Gasteiger partial charge in [0.15, 0.2) is 11.5 Å². The molecular weight excluding hydrogens is 416 g/mol. The maximum absolute atomic E-state index is 12.3. The largest absolute Gasteiger partial charge is 0.493 e. The molecule has 0 spiro atoms. The first-order valence-electron chi connectivity index (χ1n) is 8.41. The number of aromatic nitrogens is 1. The smallest absolute Gasteiger partial charge is 0.230 e. The number of methoxy groups -OCH3 is 2. The van der Waals surface area contributed by atoms with Crippen LogP contribution in [0.25, 0.3) is 0 Å². The number of ether oxygens (including phenoxy) is 2. The highest BCUT2D eigenvalue weighted by Crippen LogP contribution is 2.30. The number of nitrogens with one attached hydrogen (secondary N) is 1. The van der Waals surface area contributed by atoms with Gasteiger partial charge in [0.05, 0.1) is 26.3 Å². The monoisotopic (exact) mass is 434 g/mol. The maximum Gasteiger partial charge on any atom is 0.230 e. The summed E-state index contributed by atoms with van der Waals surface area (Å²) in [5.74, 6) is 1.82. The van der Waals surface area contributed by atoms with Crippen LogP contribution in [0.15, 0.2) is 52.2 Å². The van der Waals surface area contributed by atoms with Crippen molar-refractivity contribution in [3.8, 4) is 11.5 Å². The molecule has 2 aromatic carbocycles. The van der Waals surface area contributed by atoms with E-state index in [0.717, 1.165) is 26.4 Å². The quantitative estimate of drug-likeness (QED) is 0.488. The summed E-state index contributed by atoms with van der Waals surface area (Å²) in [6, 6.07) is 13.0. The molecule has 0 radical (unpaired) electrons. The first kappa shape index (κ1) is 20.5. The van der Waals surface area contributed by atoms with E-state index in [2.05, 4.69) is 10.3 Å². The molecule has 0 unspecified atom stereocenters. The molecule has 28 heavy (non-hydrogen) atoms. The molecule has 146 valence electrons. The zero-order chi connectivity index (χ0) is 19.9. The van der Waals surface area contributed by atoms with Crippen LogP contribution in [0.5, 0.6) is 11.5 Å². The normalized spacial score (nSPS) is 10.5. The highest BCUT2D eigenvalue weighted by molar-refractivity contribution is 8.00. The van der Waals surface area contributed by atoms with E-state index in [-0.39, 0.29) is 12.3 Å². The Morgan fingerprint density at radius 3 is 2.75 bits per heavy atom. The Kier molecular flexibility index (Phi) is 7.19. The molecule has 0 bridgehead atoms. The third kappa shape index (κ3) is 5.64. The van der Waals surface area contributed by atoms with Gasteiger partial charge in [-0.05, 0) is 29.8 Å². The van der Waals surface area contributed by atoms with E-state index in [0.29, 0.717) is 17.2 Å². The van der Waals surface area contributed by atoms with Crippen LogP contribution in [0, 0.1) is 0 Å². The summed E-state index contributed by atoms with van der Waals surface area (Å²) in [4.78, 5) is 16.9. The van der Waals surface area contributed by atoms with Crippen molar-refractivity contribution in [2.75, 3.05) is 19.5 Å². The Hall–Kier alpha value is -2.22. The molecule has 1 aromatic heterocycles. The minimum atomic E-state index is -0.135. The van der Waals surface area contributed by atoms with Gasteiger partial charge < -0.3 is 14.8 Å². The van der Waals surface area contributed by atoms with Crippen molar-refractivity contribution in [2.24, 2.45) is 0 Å². The minimum Gasteiger partial charge on any atom is -0.493 e. The average Bonchev–Trinajstić information content (AvgIpc) is 3.13. The number of hydrogen-bond acceptors (Lipinski definition) is 6. The fourth-order valence-corrected chi connectivity index (χ4v) is 4.49. The third-order valence-corrected chi connectivity index (χ3v) is 6.17. The summed E-state index contributed by atoms with van der Waals surface area (Å²) in [7, 11) is 3.13. The van der Waals surface area contributed by atoms with Crippen LogP contribution >= 0.6 is 34.7 Å². The second kappa shape index (κ2) is 9.82. The van der Waals surface area contributed by atoms with Crippen LogP contribution in [-0.2, 0) is 17.0 Å². The fraction of sp³-hybridized carbons (Fsp3) is 0.200. The van der Waals surface area contributed by atoms with Crippen molar-refractivity contribution in [1.82, 2.24) is 4.98 Å². The Bertz CT molecular complexity index is 962. The molecule has 5 nitrogen and oxygen atoms in total. The van der Waals surface area contributed by atoms with Gasteiger partial charge >= 0.3 is 0 Å². The van der Waals surface area contributed by atoms with Crippen LogP contribution in [0.1, 0.15) is 11.3 Å². The summed E-state index contributed by atoms with van der Waals surface area (Å²) in [5.41, 5.74) is 2.53. The number of halogens is 1. The van der Waals surface area contributed by atoms with Crippen LogP contribution in [0.4, 0.5) is 5.69 Å². The number of nitrogens with zero attached hydrogens (tertiary/aromatic N) is 1. The number of rotatable bonds is 8. The van der Waals surface area contributed by atoms with Gasteiger partial charge in [-0.25, -0.2) is 4.98 Å². The van der Waals surface area contributed by atoms with E-state index in [1.807, 2.05) is 29.6 Å². The summed E-state index contributed by atoms with van der Waals surface area (Å²) < 4.78 is 11.4. The molecule has 3 rings (SSSR count). The molecular formula is C20H19ClN2O3S2. The molecule has 1 amide bonds. The third-order valence-electron chi connectivity index (χ3n) is 3.79. The van der Waals surface area contributed by atoms with Crippen molar-refractivity contribution in [1.29, 1.82) is 0 Å². The molecule has 1 N–H and O–H groups in total. The Morgan fingerprint density at radius 1 is 1.18 bits per heavy atom. The van der Waals surface area contributed by atoms with Crippen molar-refractivity contribution in [2.45, 2.75) is 16.5 Å². The van der Waals surface area contributed by atoms with E-state index >= 15 is 0 Å². The van der Waals surface area contributed by atoms with Crippen LogP contribution in [0.3, 0.4) is 0 Å². The number of carbonyl (C=O) groups excluding carboxylic acids is 1. The van der Waals surface area contributed by atoms with Gasteiger partial charge in [0.1, 0.15) is 4.34 Å². The average molecular weight is 435 g/mol. The van der Waals surface area contributed by atoms with Gasteiger partial charge in [-0.2, -0.15) is 0 Å². The topological polar surface area (TPSA) is 60.5 Å². The standard InChI is InChI=1S/C20H19ClN2O3S2/c1-25-17-7-6-15(9-18(17)26-2)22-19(24)10-16-12-28-20(23-16)27-11-13-4-3-5-14(21)8-13/h3-9,12H,10-11H2,1-2H3,(H,22,24). The number of hydrogen-bond donors (Lipinski definition) is 1. The number of carbonyl (C=O) groups is 1. The lowest BCUT2D eigenvalue weighted by molar-refractivity contribution is -0.115. The highest BCUT2D eigenvalue weighted by atomic mass is 35.5. The molecule has 8 heteroatoms. The zero-order valence-electron chi connectivity index (χ0n) is 15.4. The second-order valence-corrected chi connectivity index (χ2v) is 8.34. The van der Waals surface area contributed by atoms with Gasteiger partial charge in [0.25, 0.3) is 0 Å². The van der Waals surface area contributed by atoms with E-state index in [4.69, 9.17) is 21.1 Å². The summed E-state index contributed by atoms with van der Waals surface area (Å²) in [5, 5.41) is 5.50. The predicted octanol–water partition coefficient (Wildman–Crippen LogP) is 5.29. The molecule has 0 saturated carbocycles. The lowest BCUT2D eigenvalue weighted by Crippen LogP contribution is -2.14.